The molecule has 19 heavy (non-hydrogen) atoms. The molecule has 2 rings (SSSR count). The summed E-state index contributed by atoms with van der Waals surface area (Å²) >= 11 is 5.27. The average molecular weight is 340 g/mol. The van der Waals surface area contributed by atoms with Gasteiger partial charge >= 0.3 is 0 Å². The van der Waals surface area contributed by atoms with Gasteiger partial charge < -0.3 is 5.32 Å². The molecule has 0 unspecified atom stereocenters. The predicted octanol–water partition coefficient (Wildman–Crippen LogP) is 3.76. The number of aryl methyl sites for hydroxylation is 1. The molecule has 0 aliphatic rings. The molecule has 1 aromatic heterocycles. The number of rotatable bonds is 6. The Morgan fingerprint density at radius 1 is 1.37 bits per heavy atom. The molecular weight excluding hydrogens is 322 g/mol. The first-order chi connectivity index (χ1) is 9.16. The summed E-state index contributed by atoms with van der Waals surface area (Å²) in [7, 11) is 2.14. The van der Waals surface area contributed by atoms with Crippen molar-refractivity contribution in [1.82, 2.24) is 9.88 Å². The lowest BCUT2D eigenvalue weighted by atomic mass is 10.3. The fourth-order valence-electron chi connectivity index (χ4n) is 1.79. The zero-order chi connectivity index (χ0) is 13.7. The molecule has 0 saturated heterocycles. The Kier molecular flexibility index (Phi) is 5.36. The molecule has 0 saturated carbocycles. The summed E-state index contributed by atoms with van der Waals surface area (Å²) in [5, 5.41) is 3.44. The van der Waals surface area contributed by atoms with Crippen molar-refractivity contribution in [3.63, 3.8) is 0 Å². The molecule has 0 bridgehead atoms. The zero-order valence-corrected chi connectivity index (χ0v) is 13.6. The molecule has 0 atom stereocenters. The van der Waals surface area contributed by atoms with Crippen LogP contribution in [0.25, 0.3) is 0 Å². The maximum absolute atomic E-state index is 4.28. The fourth-order valence-corrected chi connectivity index (χ4v) is 3.07. The molecule has 5 heteroatoms. The molecule has 0 aliphatic carbocycles. The van der Waals surface area contributed by atoms with Crippen molar-refractivity contribution in [2.45, 2.75) is 13.5 Å². The Morgan fingerprint density at radius 3 is 2.84 bits per heavy atom. The minimum absolute atomic E-state index is 0.928. The lowest BCUT2D eigenvalue weighted by Crippen LogP contribution is -2.24. The fraction of sp³-hybridized carbons (Fsp3) is 0.357. The van der Waals surface area contributed by atoms with Gasteiger partial charge in [-0.05, 0) is 42.0 Å². The van der Waals surface area contributed by atoms with Gasteiger partial charge in [-0.15, -0.1) is 11.3 Å². The van der Waals surface area contributed by atoms with Crippen LogP contribution in [0.4, 0.5) is 5.69 Å². The van der Waals surface area contributed by atoms with E-state index in [1.54, 1.807) is 11.3 Å². The number of hydrogen-bond acceptors (Lipinski definition) is 4. The lowest BCUT2D eigenvalue weighted by Gasteiger charge is -2.17. The van der Waals surface area contributed by atoms with Crippen molar-refractivity contribution in [1.29, 1.82) is 0 Å². The molecule has 2 aromatic rings. The third-order valence-corrected chi connectivity index (χ3v) is 4.55. The van der Waals surface area contributed by atoms with Crippen molar-refractivity contribution in [2.75, 3.05) is 25.5 Å². The van der Waals surface area contributed by atoms with E-state index in [0.29, 0.717) is 0 Å². The summed E-state index contributed by atoms with van der Waals surface area (Å²) in [5.74, 6) is 0. The molecule has 0 amide bonds. The van der Waals surface area contributed by atoms with E-state index in [-0.39, 0.29) is 0 Å². The number of nitrogens with one attached hydrogen (secondary N) is 1. The van der Waals surface area contributed by atoms with Crippen LogP contribution in [0, 0.1) is 6.92 Å². The summed E-state index contributed by atoms with van der Waals surface area (Å²) in [6, 6.07) is 8.19. The van der Waals surface area contributed by atoms with Crippen LogP contribution in [0.5, 0.6) is 0 Å². The molecule has 0 aliphatic heterocycles. The molecule has 0 fully saturated rings. The van der Waals surface area contributed by atoms with Crippen molar-refractivity contribution < 1.29 is 0 Å². The van der Waals surface area contributed by atoms with Crippen molar-refractivity contribution in [3.05, 3.63) is 44.8 Å². The van der Waals surface area contributed by atoms with E-state index in [9.17, 15) is 0 Å². The number of likely N-dealkylation sites (N-methyl/N-ethyl adjacent to an activating group) is 1. The van der Waals surface area contributed by atoms with Crippen LogP contribution in [0.2, 0.25) is 0 Å². The van der Waals surface area contributed by atoms with Crippen LogP contribution >= 0.6 is 27.3 Å². The highest BCUT2D eigenvalue weighted by Gasteiger charge is 2.05. The SMILES string of the molecule is Cc1ncsc1CN(C)CCNc1ccccc1Br. The van der Waals surface area contributed by atoms with Crippen LogP contribution in [-0.4, -0.2) is 30.0 Å². The van der Waals surface area contributed by atoms with Gasteiger partial charge in [-0.1, -0.05) is 12.1 Å². The van der Waals surface area contributed by atoms with E-state index in [1.165, 1.54) is 4.88 Å². The zero-order valence-electron chi connectivity index (χ0n) is 11.2. The van der Waals surface area contributed by atoms with Gasteiger partial charge in [-0.25, -0.2) is 4.98 Å². The molecular formula is C14H18BrN3S. The number of halogens is 1. The monoisotopic (exact) mass is 339 g/mol. The number of benzene rings is 1. The third kappa shape index (κ3) is 4.30. The van der Waals surface area contributed by atoms with E-state index in [2.05, 4.69) is 51.2 Å². The topological polar surface area (TPSA) is 28.2 Å². The third-order valence-electron chi connectivity index (χ3n) is 2.94. The van der Waals surface area contributed by atoms with Crippen LogP contribution in [-0.2, 0) is 6.54 Å². The maximum atomic E-state index is 4.28. The summed E-state index contributed by atoms with van der Waals surface area (Å²) in [6.07, 6.45) is 0. The highest BCUT2D eigenvalue weighted by Crippen LogP contribution is 2.20. The highest BCUT2D eigenvalue weighted by molar-refractivity contribution is 9.10. The molecule has 1 aromatic carbocycles. The van der Waals surface area contributed by atoms with Gasteiger partial charge in [0.2, 0.25) is 0 Å². The minimum atomic E-state index is 0.928. The number of anilines is 1. The number of para-hydroxylation sites is 1. The number of thiazole rings is 1. The van der Waals surface area contributed by atoms with E-state index in [1.807, 2.05) is 23.7 Å². The molecule has 1 heterocycles. The predicted molar refractivity (Wildman–Crippen MR) is 85.8 cm³/mol. The van der Waals surface area contributed by atoms with Crippen LogP contribution in [0.1, 0.15) is 10.6 Å². The standard InChI is InChI=1S/C14H18BrN3S/c1-11-14(19-10-17-11)9-18(2)8-7-16-13-6-4-3-5-12(13)15/h3-6,10,16H,7-9H2,1-2H3. The summed E-state index contributed by atoms with van der Waals surface area (Å²) in [4.78, 5) is 7.94. The summed E-state index contributed by atoms with van der Waals surface area (Å²) in [5.41, 5.74) is 4.21. The Labute approximate surface area is 126 Å². The Hall–Kier alpha value is -0.910. The molecule has 1 N–H and O–H groups in total. The molecule has 102 valence electrons. The summed E-state index contributed by atoms with van der Waals surface area (Å²) in [6.45, 7) is 4.96. The first kappa shape index (κ1) is 14.5. The quantitative estimate of drug-likeness (QED) is 0.868. The van der Waals surface area contributed by atoms with Crippen molar-refractivity contribution in [3.8, 4) is 0 Å². The van der Waals surface area contributed by atoms with E-state index in [0.717, 1.165) is 35.5 Å². The maximum Gasteiger partial charge on any atom is 0.0798 e. The molecule has 3 nitrogen and oxygen atoms in total. The van der Waals surface area contributed by atoms with E-state index < -0.39 is 0 Å². The lowest BCUT2D eigenvalue weighted by molar-refractivity contribution is 0.342. The van der Waals surface area contributed by atoms with Crippen molar-refractivity contribution >= 4 is 33.0 Å². The Bertz CT molecular complexity index is 527. The number of hydrogen-bond donors (Lipinski definition) is 1. The van der Waals surface area contributed by atoms with Gasteiger partial charge in [0.25, 0.3) is 0 Å². The van der Waals surface area contributed by atoms with Gasteiger partial charge in [-0.2, -0.15) is 0 Å². The van der Waals surface area contributed by atoms with E-state index >= 15 is 0 Å². The normalized spacial score (nSPS) is 10.9. The number of nitrogens with zero attached hydrogens (tertiary/aromatic N) is 2. The van der Waals surface area contributed by atoms with E-state index in [4.69, 9.17) is 0 Å². The van der Waals surface area contributed by atoms with Crippen molar-refractivity contribution in [2.24, 2.45) is 0 Å². The largest absolute Gasteiger partial charge is 0.383 e. The first-order valence-electron chi connectivity index (χ1n) is 6.22. The molecule has 0 radical (unpaired) electrons. The van der Waals surface area contributed by atoms with Crippen LogP contribution in [0.3, 0.4) is 0 Å². The van der Waals surface area contributed by atoms with Gasteiger partial charge in [0, 0.05) is 34.7 Å². The summed E-state index contributed by atoms with van der Waals surface area (Å²) < 4.78 is 1.11. The van der Waals surface area contributed by atoms with Gasteiger partial charge in [0.05, 0.1) is 11.2 Å². The second kappa shape index (κ2) is 7.03. The molecule has 0 spiro atoms. The minimum Gasteiger partial charge on any atom is -0.383 e. The van der Waals surface area contributed by atoms with Crippen LogP contribution < -0.4 is 5.32 Å². The van der Waals surface area contributed by atoms with Gasteiger partial charge in [0.15, 0.2) is 0 Å². The Balaban J connectivity index is 1.77. The Morgan fingerprint density at radius 2 is 2.16 bits per heavy atom. The van der Waals surface area contributed by atoms with Gasteiger partial charge in [0.1, 0.15) is 0 Å². The van der Waals surface area contributed by atoms with Crippen LogP contribution in [0.15, 0.2) is 34.2 Å². The number of aromatic nitrogens is 1. The second-order valence-corrected chi connectivity index (χ2v) is 6.30. The first-order valence-corrected chi connectivity index (χ1v) is 7.90. The van der Waals surface area contributed by atoms with Gasteiger partial charge in [-0.3, -0.25) is 4.90 Å². The smallest absolute Gasteiger partial charge is 0.0798 e. The second-order valence-electron chi connectivity index (χ2n) is 4.51. The highest BCUT2D eigenvalue weighted by atomic mass is 79.9. The average Bonchev–Trinajstić information content (AvgIpc) is 2.77.